The number of aromatic nitrogens is 2. The molecule has 1 aliphatic heterocycles. The molecule has 0 amide bonds. The van der Waals surface area contributed by atoms with Crippen LogP contribution in [0.2, 0.25) is 0 Å². The summed E-state index contributed by atoms with van der Waals surface area (Å²) in [6, 6.07) is 5.40. The number of benzene rings is 1. The first-order valence-corrected chi connectivity index (χ1v) is 6.19. The molecule has 6 nitrogen and oxygen atoms in total. The van der Waals surface area contributed by atoms with Gasteiger partial charge in [-0.3, -0.25) is 0 Å². The second-order valence-electron chi connectivity index (χ2n) is 4.33. The fourth-order valence-corrected chi connectivity index (χ4v) is 1.92. The zero-order valence-corrected chi connectivity index (χ0v) is 10.5. The van der Waals surface area contributed by atoms with Crippen molar-refractivity contribution in [3.8, 4) is 23.0 Å². The molecule has 1 aromatic heterocycles. The lowest BCUT2D eigenvalue weighted by atomic mass is 10.2. The highest BCUT2D eigenvalue weighted by atomic mass is 16.7. The molecule has 1 aliphatic rings. The summed E-state index contributed by atoms with van der Waals surface area (Å²) in [5, 5.41) is 13.6. The van der Waals surface area contributed by atoms with Gasteiger partial charge in [0.25, 0.3) is 5.89 Å². The fraction of sp³-hybridized carbons (Fsp3) is 0.385. The third-order valence-corrected chi connectivity index (χ3v) is 2.92. The van der Waals surface area contributed by atoms with Crippen molar-refractivity contribution in [2.24, 2.45) is 0 Å². The van der Waals surface area contributed by atoms with Gasteiger partial charge in [0.2, 0.25) is 12.6 Å². The van der Waals surface area contributed by atoms with Gasteiger partial charge in [0, 0.05) is 5.56 Å². The van der Waals surface area contributed by atoms with Crippen molar-refractivity contribution in [2.75, 3.05) is 6.79 Å². The van der Waals surface area contributed by atoms with Crippen LogP contribution in [0.5, 0.6) is 11.5 Å². The van der Waals surface area contributed by atoms with Gasteiger partial charge in [0.05, 0.1) is 0 Å². The molecule has 1 unspecified atom stereocenters. The number of aliphatic hydroxyl groups is 1. The Morgan fingerprint density at radius 3 is 3.00 bits per heavy atom. The van der Waals surface area contributed by atoms with E-state index in [1.165, 1.54) is 0 Å². The van der Waals surface area contributed by atoms with Crippen LogP contribution in [0.1, 0.15) is 31.7 Å². The van der Waals surface area contributed by atoms with E-state index >= 15 is 0 Å². The van der Waals surface area contributed by atoms with Crippen molar-refractivity contribution in [3.63, 3.8) is 0 Å². The smallest absolute Gasteiger partial charge is 0.258 e. The Balaban J connectivity index is 1.86. The monoisotopic (exact) mass is 262 g/mol. The minimum Gasteiger partial charge on any atom is -0.454 e. The highest BCUT2D eigenvalue weighted by Crippen LogP contribution is 2.35. The summed E-state index contributed by atoms with van der Waals surface area (Å²) in [6.07, 6.45) is 0.784. The lowest BCUT2D eigenvalue weighted by Crippen LogP contribution is -1.98. The molecule has 100 valence electrons. The summed E-state index contributed by atoms with van der Waals surface area (Å²) in [7, 11) is 0. The normalized spacial score (nSPS) is 14.6. The first kappa shape index (κ1) is 12.0. The Morgan fingerprint density at radius 2 is 2.16 bits per heavy atom. The molecule has 0 saturated heterocycles. The van der Waals surface area contributed by atoms with Crippen molar-refractivity contribution >= 4 is 0 Å². The minimum absolute atomic E-state index is 0.225. The Hall–Kier alpha value is -2.08. The quantitative estimate of drug-likeness (QED) is 0.910. The van der Waals surface area contributed by atoms with Gasteiger partial charge in [-0.1, -0.05) is 18.5 Å². The van der Waals surface area contributed by atoms with Crippen molar-refractivity contribution in [2.45, 2.75) is 25.9 Å². The molecular formula is C13H14N2O4. The van der Waals surface area contributed by atoms with Crippen LogP contribution in [0.4, 0.5) is 0 Å². The summed E-state index contributed by atoms with van der Waals surface area (Å²) in [5.41, 5.74) is 0.742. The summed E-state index contributed by atoms with van der Waals surface area (Å²) < 4.78 is 15.7. The van der Waals surface area contributed by atoms with Crippen molar-refractivity contribution in [1.29, 1.82) is 0 Å². The maximum atomic E-state index is 9.81. The third-order valence-electron chi connectivity index (χ3n) is 2.92. The Bertz CT molecular complexity index is 582. The Morgan fingerprint density at radius 1 is 1.32 bits per heavy atom. The number of aliphatic hydroxyl groups excluding tert-OH is 1. The summed E-state index contributed by atoms with van der Waals surface area (Å²) in [5.74, 6) is 2.04. The highest BCUT2D eigenvalue weighted by molar-refractivity contribution is 5.60. The molecule has 2 heterocycles. The summed E-state index contributed by atoms with van der Waals surface area (Å²) >= 11 is 0. The van der Waals surface area contributed by atoms with Crippen LogP contribution in [-0.4, -0.2) is 22.0 Å². The van der Waals surface area contributed by atoms with Gasteiger partial charge < -0.3 is 19.1 Å². The van der Waals surface area contributed by atoms with Crippen molar-refractivity contribution < 1.29 is 19.1 Å². The predicted molar refractivity (Wildman–Crippen MR) is 65.7 cm³/mol. The van der Waals surface area contributed by atoms with Crippen LogP contribution in [-0.2, 0) is 0 Å². The number of hydrogen-bond donors (Lipinski definition) is 1. The molecule has 1 aromatic carbocycles. The number of hydrogen-bond acceptors (Lipinski definition) is 6. The number of nitrogens with zero attached hydrogens (tertiary/aromatic N) is 2. The van der Waals surface area contributed by atoms with Crippen LogP contribution < -0.4 is 9.47 Å². The molecule has 0 fully saturated rings. The Kier molecular flexibility index (Phi) is 3.08. The van der Waals surface area contributed by atoms with E-state index in [9.17, 15) is 5.11 Å². The molecule has 1 N–H and O–H groups in total. The van der Waals surface area contributed by atoms with E-state index in [0.717, 1.165) is 12.0 Å². The lowest BCUT2D eigenvalue weighted by Gasteiger charge is -2.01. The summed E-state index contributed by atoms with van der Waals surface area (Å²) in [6.45, 7) is 2.21. The topological polar surface area (TPSA) is 77.6 Å². The lowest BCUT2D eigenvalue weighted by molar-refractivity contribution is 0.153. The molecule has 1 atom stereocenters. The van der Waals surface area contributed by atoms with Gasteiger partial charge in [-0.05, 0) is 24.6 Å². The number of rotatable bonds is 4. The predicted octanol–water partition coefficient (Wildman–Crippen LogP) is 2.30. The van der Waals surface area contributed by atoms with E-state index in [-0.39, 0.29) is 6.79 Å². The van der Waals surface area contributed by atoms with Crippen LogP contribution >= 0.6 is 0 Å². The first-order valence-electron chi connectivity index (χ1n) is 6.19. The molecule has 19 heavy (non-hydrogen) atoms. The fourth-order valence-electron chi connectivity index (χ4n) is 1.92. The molecule has 6 heteroatoms. The van der Waals surface area contributed by atoms with Gasteiger partial charge in [0.15, 0.2) is 11.5 Å². The van der Waals surface area contributed by atoms with Crippen molar-refractivity contribution in [1.82, 2.24) is 10.1 Å². The first-order chi connectivity index (χ1) is 9.28. The second kappa shape index (κ2) is 4.89. The summed E-state index contributed by atoms with van der Waals surface area (Å²) in [4.78, 5) is 4.20. The van der Waals surface area contributed by atoms with Gasteiger partial charge in [-0.25, -0.2) is 0 Å². The van der Waals surface area contributed by atoms with Gasteiger partial charge in [-0.15, -0.1) is 0 Å². The van der Waals surface area contributed by atoms with E-state index < -0.39 is 6.10 Å². The molecule has 0 saturated carbocycles. The Labute approximate surface area is 110 Å². The molecular weight excluding hydrogens is 248 g/mol. The van der Waals surface area contributed by atoms with Crippen molar-refractivity contribution in [3.05, 3.63) is 24.0 Å². The zero-order valence-electron chi connectivity index (χ0n) is 10.5. The van der Waals surface area contributed by atoms with E-state index in [1.54, 1.807) is 12.1 Å². The number of fused-ring (bicyclic) bond motifs is 1. The maximum absolute atomic E-state index is 9.81. The molecule has 3 rings (SSSR count). The maximum Gasteiger partial charge on any atom is 0.258 e. The number of ether oxygens (including phenoxy) is 2. The average Bonchev–Trinajstić information content (AvgIpc) is 3.07. The van der Waals surface area contributed by atoms with Crippen LogP contribution in [0.15, 0.2) is 22.7 Å². The SMILES string of the molecule is CCCC(O)c1noc(-c2ccc3c(c2)OCO3)n1. The molecule has 0 spiro atoms. The van der Waals surface area contributed by atoms with Crippen LogP contribution in [0.25, 0.3) is 11.5 Å². The van der Waals surface area contributed by atoms with Gasteiger partial charge >= 0.3 is 0 Å². The standard InChI is InChI=1S/C13H14N2O4/c1-2-3-9(16)12-14-13(19-15-12)8-4-5-10-11(6-8)18-7-17-10/h4-6,9,16H,2-3,7H2,1H3. The van der Waals surface area contributed by atoms with E-state index in [4.69, 9.17) is 14.0 Å². The minimum atomic E-state index is -0.684. The van der Waals surface area contributed by atoms with E-state index in [0.29, 0.717) is 29.6 Å². The molecule has 0 aliphatic carbocycles. The van der Waals surface area contributed by atoms with Crippen LogP contribution in [0.3, 0.4) is 0 Å². The largest absolute Gasteiger partial charge is 0.454 e. The molecule has 2 aromatic rings. The van der Waals surface area contributed by atoms with Gasteiger partial charge in [-0.2, -0.15) is 4.98 Å². The third kappa shape index (κ3) is 2.26. The highest BCUT2D eigenvalue weighted by Gasteiger charge is 2.19. The van der Waals surface area contributed by atoms with E-state index in [2.05, 4.69) is 10.1 Å². The van der Waals surface area contributed by atoms with Crippen LogP contribution in [0, 0.1) is 0 Å². The zero-order chi connectivity index (χ0) is 13.2. The van der Waals surface area contributed by atoms with Gasteiger partial charge in [0.1, 0.15) is 6.10 Å². The molecule has 0 bridgehead atoms. The van der Waals surface area contributed by atoms with E-state index in [1.807, 2.05) is 13.0 Å². The second-order valence-corrected chi connectivity index (χ2v) is 4.33. The molecule has 0 radical (unpaired) electrons. The average molecular weight is 262 g/mol.